The Morgan fingerprint density at radius 1 is 1.03 bits per heavy atom. The first kappa shape index (κ1) is 22.0. The van der Waals surface area contributed by atoms with E-state index < -0.39 is 0 Å². The van der Waals surface area contributed by atoms with Crippen LogP contribution in [0.3, 0.4) is 0 Å². The first-order valence-corrected chi connectivity index (χ1v) is 10.8. The average Bonchev–Trinajstić information content (AvgIpc) is 2.65. The van der Waals surface area contributed by atoms with Crippen molar-refractivity contribution in [3.63, 3.8) is 0 Å². The lowest BCUT2D eigenvalue weighted by Gasteiger charge is -2.42. The van der Waals surface area contributed by atoms with Gasteiger partial charge in [-0.25, -0.2) is 0 Å². The summed E-state index contributed by atoms with van der Waals surface area (Å²) in [7, 11) is 0. The van der Waals surface area contributed by atoms with Crippen molar-refractivity contribution < 1.29 is 14.3 Å². The predicted octanol–water partition coefficient (Wildman–Crippen LogP) is 5.59. The summed E-state index contributed by atoms with van der Waals surface area (Å²) in [5, 5.41) is 0. The van der Waals surface area contributed by atoms with Crippen molar-refractivity contribution in [3.8, 4) is 17.6 Å². The molecule has 0 radical (unpaired) electrons. The highest BCUT2D eigenvalue weighted by atomic mass is 16.5. The summed E-state index contributed by atoms with van der Waals surface area (Å²) < 4.78 is 11.4. The standard InChI is InChI=1S/C27H32O3/c1-7-19-16-24-23(26(3,4)18-27(5,6)30-24)15-22(19)14-13-20-11-9-10-12-21(20)17-25(28)29-8-2/h9-12,15-16H,7-8,17-18H2,1-6H3. The molecule has 30 heavy (non-hydrogen) atoms. The summed E-state index contributed by atoms with van der Waals surface area (Å²) in [6, 6.07) is 12.1. The molecule has 3 heteroatoms. The number of ether oxygens (including phenoxy) is 2. The number of rotatable bonds is 4. The third-order valence-electron chi connectivity index (χ3n) is 5.56. The largest absolute Gasteiger partial charge is 0.488 e. The molecule has 2 aromatic rings. The van der Waals surface area contributed by atoms with E-state index in [4.69, 9.17) is 9.47 Å². The van der Waals surface area contributed by atoms with E-state index >= 15 is 0 Å². The van der Waals surface area contributed by atoms with E-state index in [0.29, 0.717) is 6.61 Å². The van der Waals surface area contributed by atoms with E-state index in [1.165, 1.54) is 11.1 Å². The highest BCUT2D eigenvalue weighted by Gasteiger charge is 2.39. The van der Waals surface area contributed by atoms with Crippen LogP contribution in [0, 0.1) is 11.8 Å². The topological polar surface area (TPSA) is 35.5 Å². The fraction of sp³-hybridized carbons (Fsp3) is 0.444. The number of aryl methyl sites for hydroxylation is 1. The number of carbonyl (C=O) groups excluding carboxylic acids is 1. The van der Waals surface area contributed by atoms with Gasteiger partial charge in [0, 0.05) is 16.7 Å². The number of hydrogen-bond donors (Lipinski definition) is 0. The van der Waals surface area contributed by atoms with Crippen molar-refractivity contribution >= 4 is 5.97 Å². The molecule has 0 amide bonds. The minimum Gasteiger partial charge on any atom is -0.488 e. The van der Waals surface area contributed by atoms with Gasteiger partial charge in [-0.05, 0) is 68.4 Å². The van der Waals surface area contributed by atoms with Crippen molar-refractivity contribution in [1.82, 2.24) is 0 Å². The monoisotopic (exact) mass is 404 g/mol. The third-order valence-corrected chi connectivity index (χ3v) is 5.56. The Bertz CT molecular complexity index is 1000. The molecular formula is C27H32O3. The zero-order valence-corrected chi connectivity index (χ0v) is 19.0. The van der Waals surface area contributed by atoms with Crippen LogP contribution in [0.5, 0.6) is 5.75 Å². The lowest BCUT2D eigenvalue weighted by Crippen LogP contribution is -2.41. The first-order chi connectivity index (χ1) is 14.1. The van der Waals surface area contributed by atoms with Crippen LogP contribution in [0.4, 0.5) is 0 Å². The second-order valence-electron chi connectivity index (χ2n) is 9.17. The Labute approximate surface area is 180 Å². The van der Waals surface area contributed by atoms with E-state index in [0.717, 1.165) is 35.3 Å². The summed E-state index contributed by atoms with van der Waals surface area (Å²) in [4.78, 5) is 11.9. The van der Waals surface area contributed by atoms with E-state index in [1.807, 2.05) is 31.2 Å². The van der Waals surface area contributed by atoms with Crippen LogP contribution in [0.2, 0.25) is 0 Å². The number of benzene rings is 2. The fourth-order valence-corrected chi connectivity index (χ4v) is 4.44. The number of carbonyl (C=O) groups is 1. The minimum absolute atomic E-state index is 0.0155. The van der Waals surface area contributed by atoms with Gasteiger partial charge in [-0.2, -0.15) is 0 Å². The molecule has 1 heterocycles. The van der Waals surface area contributed by atoms with Crippen LogP contribution < -0.4 is 4.74 Å². The van der Waals surface area contributed by atoms with Gasteiger partial charge in [0.05, 0.1) is 13.0 Å². The highest BCUT2D eigenvalue weighted by Crippen LogP contribution is 2.45. The molecule has 0 aromatic heterocycles. The molecule has 2 aromatic carbocycles. The molecule has 0 spiro atoms. The molecule has 0 saturated heterocycles. The lowest BCUT2D eigenvalue weighted by atomic mass is 9.73. The molecular weight excluding hydrogens is 372 g/mol. The maximum Gasteiger partial charge on any atom is 0.310 e. The SMILES string of the molecule is CCOC(=O)Cc1ccccc1C#Cc1cc2c(cc1CC)OC(C)(C)CC2(C)C. The van der Waals surface area contributed by atoms with Crippen molar-refractivity contribution in [1.29, 1.82) is 0 Å². The molecule has 0 fully saturated rings. The van der Waals surface area contributed by atoms with Crippen LogP contribution in [-0.2, 0) is 27.8 Å². The smallest absolute Gasteiger partial charge is 0.310 e. The zero-order valence-electron chi connectivity index (χ0n) is 19.0. The molecule has 0 N–H and O–H groups in total. The predicted molar refractivity (Wildman–Crippen MR) is 121 cm³/mol. The Balaban J connectivity index is 2.00. The van der Waals surface area contributed by atoms with Crippen LogP contribution in [0.25, 0.3) is 0 Å². The van der Waals surface area contributed by atoms with Crippen molar-refractivity contribution in [2.24, 2.45) is 0 Å². The van der Waals surface area contributed by atoms with Crippen LogP contribution in [0.15, 0.2) is 36.4 Å². The summed E-state index contributed by atoms with van der Waals surface area (Å²) >= 11 is 0. The lowest BCUT2D eigenvalue weighted by molar-refractivity contribution is -0.142. The average molecular weight is 405 g/mol. The van der Waals surface area contributed by atoms with E-state index in [9.17, 15) is 4.79 Å². The number of hydrogen-bond acceptors (Lipinski definition) is 3. The molecule has 0 unspecified atom stereocenters. The van der Waals surface area contributed by atoms with Crippen molar-refractivity contribution in [3.05, 3.63) is 64.2 Å². The molecule has 1 aliphatic rings. The zero-order chi connectivity index (χ0) is 21.9. The van der Waals surface area contributed by atoms with E-state index in [-0.39, 0.29) is 23.4 Å². The van der Waals surface area contributed by atoms with Crippen LogP contribution >= 0.6 is 0 Å². The first-order valence-electron chi connectivity index (χ1n) is 10.8. The number of esters is 1. The fourth-order valence-electron chi connectivity index (χ4n) is 4.44. The molecule has 3 nitrogen and oxygen atoms in total. The van der Waals surface area contributed by atoms with E-state index in [2.05, 4.69) is 58.6 Å². The maximum atomic E-state index is 11.9. The molecule has 0 atom stereocenters. The quantitative estimate of drug-likeness (QED) is 0.492. The molecule has 0 saturated carbocycles. The van der Waals surface area contributed by atoms with Gasteiger partial charge in [-0.1, -0.05) is 50.8 Å². The van der Waals surface area contributed by atoms with Gasteiger partial charge in [0.15, 0.2) is 0 Å². The second kappa shape index (κ2) is 8.56. The second-order valence-corrected chi connectivity index (χ2v) is 9.17. The van der Waals surface area contributed by atoms with Gasteiger partial charge in [-0.3, -0.25) is 4.79 Å². The summed E-state index contributed by atoms with van der Waals surface area (Å²) in [6.45, 7) is 13.2. The summed E-state index contributed by atoms with van der Waals surface area (Å²) in [5.74, 6) is 7.43. The van der Waals surface area contributed by atoms with Crippen molar-refractivity contribution in [2.75, 3.05) is 6.61 Å². The Hall–Kier alpha value is -2.73. The van der Waals surface area contributed by atoms with Gasteiger partial charge in [0.1, 0.15) is 11.4 Å². The van der Waals surface area contributed by atoms with Gasteiger partial charge >= 0.3 is 5.97 Å². The molecule has 0 bridgehead atoms. The molecule has 1 aliphatic heterocycles. The normalized spacial score (nSPS) is 15.9. The van der Waals surface area contributed by atoms with Gasteiger partial charge in [0.25, 0.3) is 0 Å². The number of fused-ring (bicyclic) bond motifs is 1. The minimum atomic E-state index is -0.226. The molecule has 0 aliphatic carbocycles. The Kier molecular flexibility index (Phi) is 6.27. The third kappa shape index (κ3) is 4.87. The Morgan fingerprint density at radius 2 is 1.73 bits per heavy atom. The molecule has 3 rings (SSSR count). The maximum absolute atomic E-state index is 11.9. The molecule has 158 valence electrons. The Morgan fingerprint density at radius 3 is 2.43 bits per heavy atom. The van der Waals surface area contributed by atoms with Crippen molar-refractivity contribution in [2.45, 2.75) is 71.8 Å². The summed E-state index contributed by atoms with van der Waals surface area (Å²) in [5.41, 5.74) is 5.01. The van der Waals surface area contributed by atoms with E-state index in [1.54, 1.807) is 0 Å². The van der Waals surface area contributed by atoms with Gasteiger partial charge in [0.2, 0.25) is 0 Å². The van der Waals surface area contributed by atoms with Crippen LogP contribution in [0.1, 0.15) is 75.8 Å². The summed E-state index contributed by atoms with van der Waals surface area (Å²) in [6.07, 6.45) is 2.07. The van der Waals surface area contributed by atoms with Crippen LogP contribution in [-0.4, -0.2) is 18.2 Å². The van der Waals surface area contributed by atoms with Gasteiger partial charge in [-0.15, -0.1) is 0 Å². The van der Waals surface area contributed by atoms with Gasteiger partial charge < -0.3 is 9.47 Å². The highest BCUT2D eigenvalue weighted by molar-refractivity contribution is 5.73.